The maximum atomic E-state index is 11.6. The minimum atomic E-state index is -0.325. The summed E-state index contributed by atoms with van der Waals surface area (Å²) in [5.41, 5.74) is 2.36. The van der Waals surface area contributed by atoms with E-state index in [1.54, 1.807) is 4.90 Å². The molecule has 2 heterocycles. The van der Waals surface area contributed by atoms with Gasteiger partial charge in [0.15, 0.2) is 0 Å². The molecule has 0 unspecified atom stereocenters. The number of carbonyl (C=O) groups excluding carboxylic acids is 2. The van der Waals surface area contributed by atoms with Crippen LogP contribution in [0, 0.1) is 3.70 Å². The predicted octanol–water partition coefficient (Wildman–Crippen LogP) is -2.07. The summed E-state index contributed by atoms with van der Waals surface area (Å²) >= 11 is 3.36. The van der Waals surface area contributed by atoms with Gasteiger partial charge in [-0.05, 0) is 22.6 Å². The summed E-state index contributed by atoms with van der Waals surface area (Å²) in [6, 6.07) is 0. The minimum Gasteiger partial charge on any atom is -0.370 e. The van der Waals surface area contributed by atoms with Crippen LogP contribution in [-0.4, -0.2) is 63.6 Å². The van der Waals surface area contributed by atoms with Crippen molar-refractivity contribution >= 4 is 65.9 Å². The average molecular weight is 361 g/mol. The first-order chi connectivity index (χ1) is 7.50. The van der Waals surface area contributed by atoms with Crippen molar-refractivity contribution in [2.45, 2.75) is 13.0 Å². The molecule has 0 fully saturated rings. The van der Waals surface area contributed by atoms with E-state index in [-0.39, 0.29) is 10.6 Å². The van der Waals surface area contributed by atoms with Gasteiger partial charge in [-0.15, -0.1) is 0 Å². The van der Waals surface area contributed by atoms with Crippen LogP contribution in [0.2, 0.25) is 0 Å². The molecule has 1 aromatic rings. The SMILES string of the molecule is O=[C]([AlH2])C(=O)N1CCc2c(c(I)n[n]2[AlH2])C1. The third kappa shape index (κ3) is 2.22. The lowest BCUT2D eigenvalue weighted by molar-refractivity contribution is -0.141. The van der Waals surface area contributed by atoms with Gasteiger partial charge in [-0.25, -0.2) is 0 Å². The Morgan fingerprint density at radius 3 is 2.75 bits per heavy atom. The fourth-order valence-electron chi connectivity index (χ4n) is 1.94. The van der Waals surface area contributed by atoms with Gasteiger partial charge in [-0.1, -0.05) is 0 Å². The first-order valence-corrected chi connectivity index (χ1v) is 7.98. The summed E-state index contributed by atoms with van der Waals surface area (Å²) in [7, 11) is 0. The topological polar surface area (TPSA) is 55.2 Å². The molecule has 0 N–H and O–H groups in total. The summed E-state index contributed by atoms with van der Waals surface area (Å²) in [5, 5.41) is 4.38. The molecule has 16 heavy (non-hydrogen) atoms. The molecule has 0 atom stereocenters. The third-order valence-corrected chi connectivity index (χ3v) is 4.82. The number of hydrogen-bond acceptors (Lipinski definition) is 3. The maximum Gasteiger partial charge on any atom is 0.398 e. The van der Waals surface area contributed by atoms with Crippen LogP contribution in [0.4, 0.5) is 0 Å². The van der Waals surface area contributed by atoms with E-state index in [4.69, 9.17) is 0 Å². The van der Waals surface area contributed by atoms with Crippen molar-refractivity contribution < 1.29 is 9.59 Å². The van der Waals surface area contributed by atoms with Crippen LogP contribution >= 0.6 is 22.6 Å². The van der Waals surface area contributed by atoms with Gasteiger partial charge in [-0.3, -0.25) is 4.79 Å². The Kier molecular flexibility index (Phi) is 3.77. The van der Waals surface area contributed by atoms with Crippen molar-refractivity contribution in [2.75, 3.05) is 6.54 Å². The molecule has 1 aliphatic heterocycles. The van der Waals surface area contributed by atoms with Crippen LogP contribution < -0.4 is 0 Å². The van der Waals surface area contributed by atoms with E-state index in [0.717, 1.165) is 32.2 Å². The minimum absolute atomic E-state index is 0.253. The largest absolute Gasteiger partial charge is 0.398 e. The molecule has 0 spiro atoms. The molecule has 5 nitrogen and oxygen atoms in total. The van der Waals surface area contributed by atoms with Crippen LogP contribution in [0.5, 0.6) is 0 Å². The van der Waals surface area contributed by atoms with E-state index in [1.807, 2.05) is 3.67 Å². The molecule has 0 bridgehead atoms. The number of halogens is 1. The zero-order valence-corrected chi connectivity index (χ0v) is 15.3. The molecular formula is C8H10Al2IN3O2. The summed E-state index contributed by atoms with van der Waals surface area (Å²) in [6.07, 6.45) is 0.815. The lowest BCUT2D eigenvalue weighted by Gasteiger charge is -2.27. The second-order valence-corrected chi connectivity index (χ2v) is 6.65. The fraction of sp³-hybridized carbons (Fsp3) is 0.375. The molecule has 1 aliphatic rings. The van der Waals surface area contributed by atoms with Crippen molar-refractivity contribution in [3.05, 3.63) is 15.0 Å². The van der Waals surface area contributed by atoms with Gasteiger partial charge in [0.25, 0.3) is 5.91 Å². The van der Waals surface area contributed by atoms with E-state index in [0.29, 0.717) is 29.4 Å². The van der Waals surface area contributed by atoms with Gasteiger partial charge in [-0.2, -0.15) is 5.10 Å². The van der Waals surface area contributed by atoms with Crippen LogP contribution in [0.25, 0.3) is 0 Å². The molecule has 0 aliphatic carbocycles. The fourth-order valence-corrected chi connectivity index (χ4v) is 4.17. The number of nitrogens with zero attached hydrogens (tertiary/aromatic N) is 3. The molecule has 8 heteroatoms. The average Bonchev–Trinajstić information content (AvgIpc) is 2.53. The monoisotopic (exact) mass is 361 g/mol. The maximum absolute atomic E-state index is 11.6. The highest BCUT2D eigenvalue weighted by Crippen LogP contribution is 2.22. The van der Waals surface area contributed by atoms with Gasteiger partial charge in [0.05, 0.1) is 6.54 Å². The van der Waals surface area contributed by atoms with Crippen molar-refractivity contribution in [1.29, 1.82) is 0 Å². The van der Waals surface area contributed by atoms with Crippen molar-refractivity contribution in [3.63, 3.8) is 0 Å². The van der Waals surface area contributed by atoms with E-state index in [9.17, 15) is 9.59 Å². The highest BCUT2D eigenvalue weighted by atomic mass is 127. The van der Waals surface area contributed by atoms with Crippen molar-refractivity contribution in [3.8, 4) is 0 Å². The lowest BCUT2D eigenvalue weighted by atomic mass is 10.1. The smallest absolute Gasteiger partial charge is 0.370 e. The van der Waals surface area contributed by atoms with Gasteiger partial charge in [0.2, 0.25) is 0 Å². The van der Waals surface area contributed by atoms with Gasteiger partial charge < -0.3 is 13.4 Å². The molecule has 2 rings (SSSR count). The molecule has 0 saturated heterocycles. The van der Waals surface area contributed by atoms with E-state index in [2.05, 4.69) is 27.7 Å². The first kappa shape index (κ1) is 12.6. The second kappa shape index (κ2) is 4.79. The molecule has 1 aromatic heterocycles. The standard InChI is InChI=1S/C8H6IN3O2.2Al.4H/c9-8-5-3-12(7(14)4-13)2-1-6(5)10-11-8;;;;;;/h1-3H2;;;;;;/q-1;;+1;;;;. The number of fused-ring (bicyclic) bond motifs is 1. The van der Waals surface area contributed by atoms with E-state index >= 15 is 0 Å². The van der Waals surface area contributed by atoms with Crippen LogP contribution in [0.15, 0.2) is 0 Å². The highest BCUT2D eigenvalue weighted by Gasteiger charge is 2.26. The Hall–Kier alpha value is 0.145. The molecule has 82 valence electrons. The molecule has 1 amide bonds. The summed E-state index contributed by atoms with van der Waals surface area (Å²) in [5.74, 6) is -0.325. The Morgan fingerprint density at radius 2 is 2.12 bits per heavy atom. The lowest BCUT2D eigenvalue weighted by Crippen LogP contribution is -2.40. The summed E-state index contributed by atoms with van der Waals surface area (Å²) in [4.78, 5) is 24.4. The molecule has 0 radical (unpaired) electrons. The number of carbonyl (C=O) groups is 2. The molecular weight excluding hydrogens is 351 g/mol. The van der Waals surface area contributed by atoms with Crippen LogP contribution in [0.1, 0.15) is 11.3 Å². The Labute approximate surface area is 123 Å². The molecule has 0 aromatic carbocycles. The summed E-state index contributed by atoms with van der Waals surface area (Å²) < 4.78 is 2.71. The Morgan fingerprint density at radius 1 is 1.44 bits per heavy atom. The summed E-state index contributed by atoms with van der Waals surface area (Å²) in [6.45, 7) is 1.19. The third-order valence-electron chi connectivity index (χ3n) is 2.78. The van der Waals surface area contributed by atoms with Crippen molar-refractivity contribution in [2.24, 2.45) is 0 Å². The quantitative estimate of drug-likeness (QED) is 0.328. The highest BCUT2D eigenvalue weighted by molar-refractivity contribution is 14.1. The predicted molar refractivity (Wildman–Crippen MR) is 71.6 cm³/mol. The molecule has 0 saturated carbocycles. The number of amides is 1. The number of aromatic nitrogens is 2. The number of rotatable bonds is 1. The number of hydrogen-bond donors (Lipinski definition) is 0. The van der Waals surface area contributed by atoms with Gasteiger partial charge in [0, 0.05) is 24.2 Å². The normalized spacial score (nSPS) is 14.7. The zero-order valence-electron chi connectivity index (χ0n) is 9.16. The van der Waals surface area contributed by atoms with Crippen molar-refractivity contribution in [1.82, 2.24) is 13.7 Å². The van der Waals surface area contributed by atoms with Gasteiger partial charge in [0.1, 0.15) is 8.35 Å². The second-order valence-electron chi connectivity index (χ2n) is 3.87. The van der Waals surface area contributed by atoms with E-state index < -0.39 is 0 Å². The Bertz CT molecular complexity index is 474. The first-order valence-electron chi connectivity index (χ1n) is 5.00. The van der Waals surface area contributed by atoms with E-state index in [1.165, 1.54) is 5.69 Å². The van der Waals surface area contributed by atoms with Crippen LogP contribution in [0.3, 0.4) is 0 Å². The van der Waals surface area contributed by atoms with Crippen LogP contribution in [-0.2, 0) is 22.6 Å². The Balaban J connectivity index is 2.27. The van der Waals surface area contributed by atoms with Gasteiger partial charge >= 0.3 is 32.8 Å². The zero-order chi connectivity index (χ0) is 11.9.